The zero-order valence-corrected chi connectivity index (χ0v) is 8.81. The summed E-state index contributed by atoms with van der Waals surface area (Å²) in [6.45, 7) is 8.18. The van der Waals surface area contributed by atoms with E-state index in [-0.39, 0.29) is 6.61 Å². The third kappa shape index (κ3) is 22.5. The average molecular weight is 176 g/mol. The van der Waals surface area contributed by atoms with Crippen LogP contribution in [-0.2, 0) is 4.74 Å². The van der Waals surface area contributed by atoms with Crippen LogP contribution in [0.1, 0.15) is 46.5 Å². The van der Waals surface area contributed by atoms with Gasteiger partial charge < -0.3 is 9.84 Å². The van der Waals surface area contributed by atoms with Crippen molar-refractivity contribution in [2.24, 2.45) is 0 Å². The molecule has 0 atom stereocenters. The topological polar surface area (TPSA) is 29.5 Å². The van der Waals surface area contributed by atoms with Gasteiger partial charge in [-0.3, -0.25) is 0 Å². The molecule has 0 spiro atoms. The molecule has 76 valence electrons. The molecule has 0 radical (unpaired) electrons. The molecule has 1 N–H and O–H groups in total. The number of hydrogen-bond acceptors (Lipinski definition) is 2. The maximum absolute atomic E-state index is 7.57. The molecule has 2 nitrogen and oxygen atoms in total. The Kier molecular flexibility index (Phi) is 20.6. The van der Waals surface area contributed by atoms with E-state index in [4.69, 9.17) is 9.84 Å². The largest absolute Gasteiger partial charge is 0.397 e. The molecule has 0 bridgehead atoms. The Morgan fingerprint density at radius 2 is 1.33 bits per heavy atom. The van der Waals surface area contributed by atoms with Crippen molar-refractivity contribution in [2.45, 2.75) is 46.5 Å². The summed E-state index contributed by atoms with van der Waals surface area (Å²) in [6, 6.07) is 0. The van der Waals surface area contributed by atoms with Crippen LogP contribution < -0.4 is 0 Å². The minimum atomic E-state index is 0.250. The normalized spacial score (nSPS) is 15.0. The van der Waals surface area contributed by atoms with Gasteiger partial charge in [0.15, 0.2) is 0 Å². The first-order chi connectivity index (χ1) is 5.83. The molecule has 1 aliphatic rings. The van der Waals surface area contributed by atoms with E-state index in [1.807, 2.05) is 0 Å². The van der Waals surface area contributed by atoms with Gasteiger partial charge in [0.2, 0.25) is 0 Å². The first-order valence-electron chi connectivity index (χ1n) is 5.01. The molecule has 0 unspecified atom stereocenters. The van der Waals surface area contributed by atoms with Crippen LogP contribution >= 0.6 is 0 Å². The second-order valence-electron chi connectivity index (χ2n) is 2.70. The van der Waals surface area contributed by atoms with Gasteiger partial charge in [-0.05, 0) is 26.2 Å². The first kappa shape index (κ1) is 14.4. The molecule has 2 heteroatoms. The highest BCUT2D eigenvalue weighted by Crippen LogP contribution is 2.02. The van der Waals surface area contributed by atoms with E-state index in [0.717, 1.165) is 13.2 Å². The quantitative estimate of drug-likeness (QED) is 0.614. The van der Waals surface area contributed by atoms with Crippen LogP contribution in [0.25, 0.3) is 0 Å². The number of ether oxygens (including phenoxy) is 1. The molecule has 0 saturated carbocycles. The fourth-order valence-corrected chi connectivity index (χ4v) is 0.687. The summed E-state index contributed by atoms with van der Waals surface area (Å²) in [5.41, 5.74) is 0. The van der Waals surface area contributed by atoms with Gasteiger partial charge in [0.05, 0.1) is 0 Å². The molecule has 0 aromatic carbocycles. The Hall–Kier alpha value is -0.0800. The van der Waals surface area contributed by atoms with E-state index in [1.165, 1.54) is 25.7 Å². The highest BCUT2D eigenvalue weighted by Gasteiger charge is 1.94. The van der Waals surface area contributed by atoms with Crippen LogP contribution in [-0.4, -0.2) is 24.9 Å². The molecule has 12 heavy (non-hydrogen) atoms. The molecule has 1 heterocycles. The molecule has 0 aromatic heterocycles. The standard InChI is InChI=1S/C5H10O.C3H8.C2H6O/c1-2-4-6-5-3-1;1-3-2;1-2-3/h1-5H2;3H2,1-2H3;3H,2H2,1H3. The molecule has 0 amide bonds. The summed E-state index contributed by atoms with van der Waals surface area (Å²) in [7, 11) is 0. The Bertz CT molecular complexity index is 38.3. The van der Waals surface area contributed by atoms with Crippen LogP contribution in [0.5, 0.6) is 0 Å². The Morgan fingerprint density at radius 3 is 1.42 bits per heavy atom. The average Bonchev–Trinajstić information content (AvgIpc) is 2.10. The Morgan fingerprint density at radius 1 is 1.00 bits per heavy atom. The van der Waals surface area contributed by atoms with Crippen molar-refractivity contribution in [2.75, 3.05) is 19.8 Å². The molecular weight excluding hydrogens is 152 g/mol. The lowest BCUT2D eigenvalue weighted by atomic mass is 10.2. The van der Waals surface area contributed by atoms with Crippen molar-refractivity contribution in [3.05, 3.63) is 0 Å². The zero-order valence-electron chi connectivity index (χ0n) is 8.81. The Balaban J connectivity index is 0. The summed E-state index contributed by atoms with van der Waals surface area (Å²) >= 11 is 0. The van der Waals surface area contributed by atoms with Gasteiger partial charge in [0.25, 0.3) is 0 Å². The fraction of sp³-hybridized carbons (Fsp3) is 1.00. The van der Waals surface area contributed by atoms with Crippen molar-refractivity contribution in [3.63, 3.8) is 0 Å². The van der Waals surface area contributed by atoms with Crippen molar-refractivity contribution >= 4 is 0 Å². The highest BCUT2D eigenvalue weighted by molar-refractivity contribution is 4.45. The SMILES string of the molecule is C1CCOCC1.CCC.CCO. The number of aliphatic hydroxyl groups excluding tert-OH is 1. The van der Waals surface area contributed by atoms with Gasteiger partial charge in [-0.1, -0.05) is 20.3 Å². The van der Waals surface area contributed by atoms with Gasteiger partial charge in [0, 0.05) is 19.8 Å². The lowest BCUT2D eigenvalue weighted by molar-refractivity contribution is 0.0968. The van der Waals surface area contributed by atoms with E-state index < -0.39 is 0 Å². The van der Waals surface area contributed by atoms with Crippen LogP contribution in [0.3, 0.4) is 0 Å². The van der Waals surface area contributed by atoms with Crippen LogP contribution in [0.15, 0.2) is 0 Å². The number of aliphatic hydroxyl groups is 1. The minimum absolute atomic E-state index is 0.250. The van der Waals surface area contributed by atoms with Crippen LogP contribution in [0.4, 0.5) is 0 Å². The van der Waals surface area contributed by atoms with E-state index in [1.54, 1.807) is 6.92 Å². The summed E-state index contributed by atoms with van der Waals surface area (Å²) < 4.78 is 5.07. The van der Waals surface area contributed by atoms with Gasteiger partial charge in [-0.2, -0.15) is 0 Å². The molecule has 1 saturated heterocycles. The summed E-state index contributed by atoms with van der Waals surface area (Å²) in [6.07, 6.45) is 5.18. The third-order valence-corrected chi connectivity index (χ3v) is 1.08. The monoisotopic (exact) mass is 176 g/mol. The van der Waals surface area contributed by atoms with E-state index in [2.05, 4.69) is 13.8 Å². The first-order valence-corrected chi connectivity index (χ1v) is 5.01. The summed E-state index contributed by atoms with van der Waals surface area (Å²) in [5, 5.41) is 7.57. The van der Waals surface area contributed by atoms with Crippen molar-refractivity contribution in [3.8, 4) is 0 Å². The minimum Gasteiger partial charge on any atom is -0.397 e. The third-order valence-electron chi connectivity index (χ3n) is 1.08. The van der Waals surface area contributed by atoms with E-state index in [9.17, 15) is 0 Å². The molecule has 0 aromatic rings. The second-order valence-corrected chi connectivity index (χ2v) is 2.70. The predicted molar refractivity (Wildman–Crippen MR) is 53.4 cm³/mol. The molecule has 1 rings (SSSR count). The highest BCUT2D eigenvalue weighted by atomic mass is 16.5. The maximum Gasteiger partial charge on any atom is 0.0466 e. The van der Waals surface area contributed by atoms with Crippen LogP contribution in [0.2, 0.25) is 0 Å². The molecule has 1 fully saturated rings. The zero-order chi connectivity index (χ0) is 9.66. The lowest BCUT2D eigenvalue weighted by Crippen LogP contribution is -2.03. The lowest BCUT2D eigenvalue weighted by Gasteiger charge is -2.08. The fourth-order valence-electron chi connectivity index (χ4n) is 0.687. The van der Waals surface area contributed by atoms with Gasteiger partial charge in [-0.25, -0.2) is 0 Å². The van der Waals surface area contributed by atoms with E-state index in [0.29, 0.717) is 0 Å². The van der Waals surface area contributed by atoms with Gasteiger partial charge in [0.1, 0.15) is 0 Å². The molecule has 1 aliphatic heterocycles. The predicted octanol–water partition coefficient (Wildman–Crippen LogP) is 2.60. The Labute approximate surface area is 76.9 Å². The van der Waals surface area contributed by atoms with Gasteiger partial charge >= 0.3 is 0 Å². The van der Waals surface area contributed by atoms with Crippen molar-refractivity contribution < 1.29 is 9.84 Å². The number of hydrogen-bond donors (Lipinski definition) is 1. The van der Waals surface area contributed by atoms with Crippen LogP contribution in [0, 0.1) is 0 Å². The van der Waals surface area contributed by atoms with E-state index >= 15 is 0 Å². The summed E-state index contributed by atoms with van der Waals surface area (Å²) in [4.78, 5) is 0. The summed E-state index contributed by atoms with van der Waals surface area (Å²) in [5.74, 6) is 0. The molecular formula is C10H24O2. The maximum atomic E-state index is 7.57. The number of rotatable bonds is 0. The van der Waals surface area contributed by atoms with Crippen molar-refractivity contribution in [1.29, 1.82) is 0 Å². The second kappa shape index (κ2) is 17.1. The molecule has 0 aliphatic carbocycles. The smallest absolute Gasteiger partial charge is 0.0466 e. The van der Waals surface area contributed by atoms with Crippen molar-refractivity contribution in [1.82, 2.24) is 0 Å². The van der Waals surface area contributed by atoms with Gasteiger partial charge in [-0.15, -0.1) is 0 Å².